The van der Waals surface area contributed by atoms with Crippen LogP contribution >= 0.6 is 0 Å². The van der Waals surface area contributed by atoms with Crippen molar-refractivity contribution in [2.45, 2.75) is 91.1 Å². The third kappa shape index (κ3) is 9.85. The number of H-pyrrole nitrogens is 1. The van der Waals surface area contributed by atoms with Gasteiger partial charge in [0.05, 0.1) is 31.8 Å². The van der Waals surface area contributed by atoms with Crippen LogP contribution in [0.15, 0.2) is 12.5 Å². The molecule has 0 aliphatic carbocycles. The highest BCUT2D eigenvalue weighted by Gasteiger charge is 2.33. The molecule has 200 valence electrons. The molecule has 0 radical (unpaired) electrons. The molecule has 0 spiro atoms. The highest BCUT2D eigenvalue weighted by molar-refractivity contribution is 5.90. The Morgan fingerprint density at radius 1 is 1.20 bits per heavy atom. The predicted octanol–water partition coefficient (Wildman–Crippen LogP) is 1.18. The Labute approximate surface area is 208 Å². The number of hydrogen-bond acceptors (Lipinski definition) is 7. The van der Waals surface area contributed by atoms with Gasteiger partial charge in [0.2, 0.25) is 5.91 Å². The van der Waals surface area contributed by atoms with Crippen LogP contribution in [-0.4, -0.2) is 81.8 Å². The van der Waals surface area contributed by atoms with Crippen LogP contribution in [0.5, 0.6) is 0 Å². The Balaban J connectivity index is 2.99. The maximum absolute atomic E-state index is 13.2. The number of rotatable bonds is 14. The maximum Gasteiger partial charge on any atom is 0.328 e. The van der Waals surface area contributed by atoms with E-state index in [-0.39, 0.29) is 24.9 Å². The van der Waals surface area contributed by atoms with Gasteiger partial charge in [-0.05, 0) is 32.1 Å². The monoisotopic (exact) mass is 496 g/mol. The molecule has 1 rings (SSSR count). The van der Waals surface area contributed by atoms with E-state index in [4.69, 9.17) is 10.5 Å². The van der Waals surface area contributed by atoms with Crippen molar-refractivity contribution >= 4 is 17.9 Å². The Morgan fingerprint density at radius 3 is 2.34 bits per heavy atom. The van der Waals surface area contributed by atoms with Gasteiger partial charge in [-0.15, -0.1) is 0 Å². The number of hydrogen-bond donors (Lipinski definition) is 5. The number of imidazole rings is 1. The number of aromatic nitrogens is 2. The fourth-order valence-electron chi connectivity index (χ4n) is 3.69. The molecule has 1 unspecified atom stereocenters. The zero-order chi connectivity index (χ0) is 26.7. The van der Waals surface area contributed by atoms with Gasteiger partial charge in [-0.25, -0.2) is 14.6 Å². The average Bonchev–Trinajstić information content (AvgIpc) is 3.31. The molecule has 0 aliphatic heterocycles. The van der Waals surface area contributed by atoms with Crippen LogP contribution in [0.3, 0.4) is 0 Å². The first-order chi connectivity index (χ1) is 16.4. The van der Waals surface area contributed by atoms with E-state index in [9.17, 15) is 19.5 Å². The van der Waals surface area contributed by atoms with Gasteiger partial charge in [-0.3, -0.25) is 4.79 Å². The molecule has 0 saturated heterocycles. The van der Waals surface area contributed by atoms with Crippen molar-refractivity contribution in [3.8, 4) is 0 Å². The fourth-order valence-corrected chi connectivity index (χ4v) is 3.69. The van der Waals surface area contributed by atoms with Gasteiger partial charge in [0.15, 0.2) is 0 Å². The van der Waals surface area contributed by atoms with Crippen LogP contribution in [0.2, 0.25) is 0 Å². The van der Waals surface area contributed by atoms with E-state index < -0.39 is 42.1 Å². The van der Waals surface area contributed by atoms with Crippen LogP contribution in [0.1, 0.15) is 60.1 Å². The lowest BCUT2D eigenvalue weighted by Gasteiger charge is -2.34. The van der Waals surface area contributed by atoms with Gasteiger partial charge in [0.25, 0.3) is 0 Å². The molecule has 0 fully saturated rings. The number of nitrogens with zero attached hydrogens (tertiary/aromatic N) is 2. The largest absolute Gasteiger partial charge is 0.467 e. The molecule has 1 aromatic rings. The van der Waals surface area contributed by atoms with Gasteiger partial charge < -0.3 is 36.1 Å². The minimum Gasteiger partial charge on any atom is -0.467 e. The number of nitrogens with one attached hydrogen (secondary N) is 3. The number of aromatic amines is 1. The normalized spacial score (nSPS) is 15.7. The number of aliphatic hydroxyl groups excluding tert-OH is 1. The van der Waals surface area contributed by atoms with Crippen molar-refractivity contribution in [3.63, 3.8) is 0 Å². The summed E-state index contributed by atoms with van der Waals surface area (Å²) in [6.07, 6.45) is 3.59. The summed E-state index contributed by atoms with van der Waals surface area (Å²) in [5.74, 6) is -1.02. The van der Waals surface area contributed by atoms with E-state index in [2.05, 4.69) is 20.6 Å². The molecular weight excluding hydrogens is 452 g/mol. The molecule has 0 aromatic carbocycles. The summed E-state index contributed by atoms with van der Waals surface area (Å²) >= 11 is 0. The van der Waals surface area contributed by atoms with E-state index in [0.717, 1.165) is 0 Å². The number of aliphatic hydroxyl groups is 1. The molecule has 6 N–H and O–H groups in total. The second kappa shape index (κ2) is 14.7. The molecular formula is C24H44N6O5. The summed E-state index contributed by atoms with van der Waals surface area (Å²) < 4.78 is 4.85. The Morgan fingerprint density at radius 2 is 1.86 bits per heavy atom. The number of carbonyl (C=O) groups is 3. The van der Waals surface area contributed by atoms with Crippen molar-refractivity contribution in [1.29, 1.82) is 0 Å². The minimum absolute atomic E-state index is 0.0379. The summed E-state index contributed by atoms with van der Waals surface area (Å²) in [6.45, 7) is 11.5. The predicted molar refractivity (Wildman–Crippen MR) is 133 cm³/mol. The number of amides is 3. The second-order valence-electron chi connectivity index (χ2n) is 9.77. The third-order valence-corrected chi connectivity index (χ3v) is 6.05. The van der Waals surface area contributed by atoms with Crippen molar-refractivity contribution in [2.75, 3.05) is 13.7 Å². The zero-order valence-electron chi connectivity index (χ0n) is 22.1. The average molecular weight is 497 g/mol. The molecule has 3 amide bonds. The molecule has 35 heavy (non-hydrogen) atoms. The lowest BCUT2D eigenvalue weighted by Crippen LogP contribution is -2.59. The smallest absolute Gasteiger partial charge is 0.328 e. The molecule has 5 atom stereocenters. The number of carbonyl (C=O) groups excluding carboxylic acids is 3. The van der Waals surface area contributed by atoms with Crippen LogP contribution < -0.4 is 16.4 Å². The summed E-state index contributed by atoms with van der Waals surface area (Å²) in [4.78, 5) is 47.1. The number of esters is 1. The molecule has 0 saturated carbocycles. The summed E-state index contributed by atoms with van der Waals surface area (Å²) in [5.41, 5.74) is 6.70. The minimum atomic E-state index is -0.962. The van der Waals surface area contributed by atoms with Crippen LogP contribution in [-0.2, 0) is 20.7 Å². The van der Waals surface area contributed by atoms with Gasteiger partial charge in [0.1, 0.15) is 12.1 Å². The first kappa shape index (κ1) is 30.4. The molecule has 11 nitrogen and oxygen atoms in total. The van der Waals surface area contributed by atoms with E-state index >= 15 is 0 Å². The summed E-state index contributed by atoms with van der Waals surface area (Å²) in [7, 11) is 1.25. The number of urea groups is 1. The lowest BCUT2D eigenvalue weighted by atomic mass is 9.97. The molecule has 11 heteroatoms. The summed E-state index contributed by atoms with van der Waals surface area (Å²) in [6, 6.07) is -3.06. The molecule has 0 aliphatic rings. The number of methoxy groups -OCH3 is 1. The van der Waals surface area contributed by atoms with Gasteiger partial charge in [0, 0.05) is 24.7 Å². The number of nitrogens with two attached hydrogens (primary N) is 1. The standard InChI is InChI=1S/C24H44N6O5/c1-8-16(6)21(22(32)28-19(23(33)35-7)10-17-11-26-13-27-17)29-24(34)30(15(4)5)12-20(31)18(25)9-14(2)3/h11,13-16,18-21,31H,8-10,12,25H2,1-7H3,(H,26,27)(H,28,32)(H,29,34)/t16?,18-,19-,20-,21-/m0/s1. The molecule has 0 bridgehead atoms. The van der Waals surface area contributed by atoms with Crippen molar-refractivity contribution in [2.24, 2.45) is 17.6 Å². The van der Waals surface area contributed by atoms with Crippen LogP contribution in [0.25, 0.3) is 0 Å². The Hall–Kier alpha value is -2.66. The first-order valence-corrected chi connectivity index (χ1v) is 12.3. The van der Waals surface area contributed by atoms with Crippen LogP contribution in [0.4, 0.5) is 4.79 Å². The van der Waals surface area contributed by atoms with Gasteiger partial charge in [-0.1, -0.05) is 34.1 Å². The van der Waals surface area contributed by atoms with Gasteiger partial charge in [-0.2, -0.15) is 0 Å². The topological polar surface area (TPSA) is 163 Å². The quantitative estimate of drug-likeness (QED) is 0.241. The Kier molecular flexibility index (Phi) is 12.7. The molecule has 1 aromatic heterocycles. The van der Waals surface area contributed by atoms with E-state index in [1.807, 2.05) is 41.5 Å². The fraction of sp³-hybridized carbons (Fsp3) is 0.750. The zero-order valence-corrected chi connectivity index (χ0v) is 22.1. The van der Waals surface area contributed by atoms with E-state index in [1.54, 1.807) is 6.20 Å². The van der Waals surface area contributed by atoms with Crippen molar-refractivity contribution in [3.05, 3.63) is 18.2 Å². The maximum atomic E-state index is 13.2. The SMILES string of the molecule is CCC(C)[C@H](NC(=O)N(C[C@H](O)[C@@H](N)CC(C)C)C(C)C)C(=O)N[C@@H](Cc1c[nH]cn1)C(=O)OC. The second-order valence-corrected chi connectivity index (χ2v) is 9.77. The van der Waals surface area contributed by atoms with E-state index in [0.29, 0.717) is 24.5 Å². The van der Waals surface area contributed by atoms with Crippen LogP contribution in [0, 0.1) is 11.8 Å². The van der Waals surface area contributed by atoms with Crippen molar-refractivity contribution in [1.82, 2.24) is 25.5 Å². The highest BCUT2D eigenvalue weighted by Crippen LogP contribution is 2.13. The van der Waals surface area contributed by atoms with E-state index in [1.165, 1.54) is 18.3 Å². The highest BCUT2D eigenvalue weighted by atomic mass is 16.5. The summed E-state index contributed by atoms with van der Waals surface area (Å²) in [5, 5.41) is 16.1. The number of ether oxygens (including phenoxy) is 1. The first-order valence-electron chi connectivity index (χ1n) is 12.3. The lowest BCUT2D eigenvalue weighted by molar-refractivity contribution is -0.145. The Bertz CT molecular complexity index is 785. The third-order valence-electron chi connectivity index (χ3n) is 6.05. The molecule has 1 heterocycles. The van der Waals surface area contributed by atoms with Crippen molar-refractivity contribution < 1.29 is 24.2 Å². The van der Waals surface area contributed by atoms with Gasteiger partial charge >= 0.3 is 12.0 Å².